The van der Waals surface area contributed by atoms with Gasteiger partial charge in [-0.1, -0.05) is 0 Å². The van der Waals surface area contributed by atoms with Gasteiger partial charge in [-0.25, -0.2) is 4.79 Å². The van der Waals surface area contributed by atoms with E-state index in [1.807, 2.05) is 6.07 Å². The van der Waals surface area contributed by atoms with Crippen molar-refractivity contribution < 1.29 is 19.1 Å². The van der Waals surface area contributed by atoms with Gasteiger partial charge in [0.25, 0.3) is 5.91 Å². The molecule has 0 bridgehead atoms. The summed E-state index contributed by atoms with van der Waals surface area (Å²) in [7, 11) is 1.53. The first-order valence-corrected chi connectivity index (χ1v) is 7.19. The zero-order valence-electron chi connectivity index (χ0n) is 13.3. The maximum atomic E-state index is 12.1. The maximum absolute atomic E-state index is 12.1. The smallest absolute Gasteiger partial charge is 0.338 e. The first kappa shape index (κ1) is 17.0. The van der Waals surface area contributed by atoms with E-state index in [1.54, 1.807) is 48.5 Å². The molecule has 1 N–H and O–H groups in total. The molecule has 0 spiro atoms. The molecule has 2 aromatic carbocycles. The quantitative estimate of drug-likeness (QED) is 0.854. The Kier molecular flexibility index (Phi) is 5.53. The van der Waals surface area contributed by atoms with E-state index in [-0.39, 0.29) is 0 Å². The fourth-order valence-corrected chi connectivity index (χ4v) is 1.88. The van der Waals surface area contributed by atoms with Crippen LogP contribution in [0, 0.1) is 11.3 Å². The van der Waals surface area contributed by atoms with Crippen LogP contribution < -0.4 is 10.1 Å². The standard InChI is InChI=1S/C18H16N2O4/c1-12(17(21)20-15-7-3-13(11-19)4-8-15)24-18(22)14-5-9-16(23-2)10-6-14/h3-10,12H,1-2H3,(H,20,21)/t12-/m1/s1. The number of ether oxygens (including phenoxy) is 2. The third kappa shape index (κ3) is 4.34. The van der Waals surface area contributed by atoms with Gasteiger partial charge in [0, 0.05) is 5.69 Å². The summed E-state index contributed by atoms with van der Waals surface area (Å²) >= 11 is 0. The number of esters is 1. The molecule has 1 amide bonds. The van der Waals surface area contributed by atoms with Crippen molar-refractivity contribution in [3.63, 3.8) is 0 Å². The first-order valence-electron chi connectivity index (χ1n) is 7.19. The third-order valence-electron chi connectivity index (χ3n) is 3.26. The zero-order valence-corrected chi connectivity index (χ0v) is 13.3. The van der Waals surface area contributed by atoms with Gasteiger partial charge in [-0.15, -0.1) is 0 Å². The number of hydrogen-bond acceptors (Lipinski definition) is 5. The molecule has 0 aliphatic rings. The fraction of sp³-hybridized carbons (Fsp3) is 0.167. The Morgan fingerprint density at radius 1 is 1.08 bits per heavy atom. The number of benzene rings is 2. The van der Waals surface area contributed by atoms with Gasteiger partial charge in [0.2, 0.25) is 0 Å². The Labute approximate surface area is 139 Å². The summed E-state index contributed by atoms with van der Waals surface area (Å²) in [5.74, 6) is -0.431. The van der Waals surface area contributed by atoms with E-state index >= 15 is 0 Å². The molecule has 122 valence electrons. The van der Waals surface area contributed by atoms with Gasteiger partial charge < -0.3 is 14.8 Å². The first-order chi connectivity index (χ1) is 11.5. The van der Waals surface area contributed by atoms with Crippen LogP contribution in [0.15, 0.2) is 48.5 Å². The molecular weight excluding hydrogens is 308 g/mol. The van der Waals surface area contributed by atoms with Crippen LogP contribution in [0.3, 0.4) is 0 Å². The number of nitriles is 1. The van der Waals surface area contributed by atoms with Crippen molar-refractivity contribution >= 4 is 17.6 Å². The van der Waals surface area contributed by atoms with Crippen LogP contribution in [0.2, 0.25) is 0 Å². The second-order valence-corrected chi connectivity index (χ2v) is 4.95. The van der Waals surface area contributed by atoms with Crippen LogP contribution in [0.4, 0.5) is 5.69 Å². The molecule has 0 fully saturated rings. The van der Waals surface area contributed by atoms with Gasteiger partial charge in [-0.3, -0.25) is 4.79 Å². The number of nitrogens with zero attached hydrogens (tertiary/aromatic N) is 1. The van der Waals surface area contributed by atoms with E-state index in [2.05, 4.69) is 5.32 Å². The monoisotopic (exact) mass is 324 g/mol. The van der Waals surface area contributed by atoms with Crippen molar-refractivity contribution in [3.05, 3.63) is 59.7 Å². The van der Waals surface area contributed by atoms with Crippen LogP contribution in [0.5, 0.6) is 5.75 Å². The molecule has 0 unspecified atom stereocenters. The molecule has 0 aliphatic heterocycles. The molecule has 0 aliphatic carbocycles. The number of carbonyl (C=O) groups is 2. The average molecular weight is 324 g/mol. The number of carbonyl (C=O) groups excluding carboxylic acids is 2. The zero-order chi connectivity index (χ0) is 17.5. The van der Waals surface area contributed by atoms with Gasteiger partial charge in [0.05, 0.1) is 24.3 Å². The van der Waals surface area contributed by atoms with E-state index in [4.69, 9.17) is 14.7 Å². The minimum absolute atomic E-state index is 0.328. The minimum atomic E-state index is -0.963. The summed E-state index contributed by atoms with van der Waals surface area (Å²) in [5, 5.41) is 11.4. The van der Waals surface area contributed by atoms with Crippen LogP contribution in [0.25, 0.3) is 0 Å². The molecule has 0 saturated heterocycles. The van der Waals surface area contributed by atoms with Crippen LogP contribution in [0.1, 0.15) is 22.8 Å². The van der Waals surface area contributed by atoms with Crippen molar-refractivity contribution in [1.29, 1.82) is 5.26 Å². The van der Waals surface area contributed by atoms with Gasteiger partial charge in [-0.05, 0) is 55.5 Å². The number of methoxy groups -OCH3 is 1. The molecule has 6 heteroatoms. The minimum Gasteiger partial charge on any atom is -0.497 e. The van der Waals surface area contributed by atoms with E-state index in [0.717, 1.165) is 0 Å². The van der Waals surface area contributed by atoms with Crippen LogP contribution in [-0.4, -0.2) is 25.1 Å². The Balaban J connectivity index is 1.94. The number of rotatable bonds is 5. The highest BCUT2D eigenvalue weighted by molar-refractivity contribution is 5.97. The van der Waals surface area contributed by atoms with E-state index in [1.165, 1.54) is 14.0 Å². The summed E-state index contributed by atoms with van der Waals surface area (Å²) in [5.41, 5.74) is 1.34. The van der Waals surface area contributed by atoms with Gasteiger partial charge >= 0.3 is 5.97 Å². The highest BCUT2D eigenvalue weighted by atomic mass is 16.5. The summed E-state index contributed by atoms with van der Waals surface area (Å²) < 4.78 is 10.2. The molecular formula is C18H16N2O4. The summed E-state index contributed by atoms with van der Waals surface area (Å²) in [6, 6.07) is 14.8. The van der Waals surface area contributed by atoms with Crippen molar-refractivity contribution in [1.82, 2.24) is 0 Å². The molecule has 1 atom stereocenters. The molecule has 2 aromatic rings. The maximum Gasteiger partial charge on any atom is 0.338 e. The molecule has 6 nitrogen and oxygen atoms in total. The molecule has 24 heavy (non-hydrogen) atoms. The SMILES string of the molecule is COc1ccc(C(=O)O[C@H](C)C(=O)Nc2ccc(C#N)cc2)cc1. The summed E-state index contributed by atoms with van der Waals surface area (Å²) in [6.45, 7) is 1.49. The lowest BCUT2D eigenvalue weighted by molar-refractivity contribution is -0.123. The van der Waals surface area contributed by atoms with E-state index in [0.29, 0.717) is 22.6 Å². The van der Waals surface area contributed by atoms with Gasteiger partial charge in [0.1, 0.15) is 5.75 Å². The van der Waals surface area contributed by atoms with E-state index < -0.39 is 18.0 Å². The Hall–Kier alpha value is -3.33. The fourth-order valence-electron chi connectivity index (χ4n) is 1.88. The predicted octanol–water partition coefficient (Wildman–Crippen LogP) is 2.75. The predicted molar refractivity (Wildman–Crippen MR) is 87.7 cm³/mol. The second-order valence-electron chi connectivity index (χ2n) is 4.95. The summed E-state index contributed by atoms with van der Waals surface area (Å²) in [4.78, 5) is 24.1. The van der Waals surface area contributed by atoms with Crippen molar-refractivity contribution in [2.75, 3.05) is 12.4 Å². The Morgan fingerprint density at radius 3 is 2.25 bits per heavy atom. The molecule has 0 radical (unpaired) electrons. The lowest BCUT2D eigenvalue weighted by Crippen LogP contribution is -2.30. The molecule has 0 saturated carbocycles. The Morgan fingerprint density at radius 2 is 1.71 bits per heavy atom. The van der Waals surface area contributed by atoms with Gasteiger partial charge in [0.15, 0.2) is 6.10 Å². The van der Waals surface area contributed by atoms with Crippen molar-refractivity contribution in [2.45, 2.75) is 13.0 Å². The molecule has 0 heterocycles. The van der Waals surface area contributed by atoms with Gasteiger partial charge in [-0.2, -0.15) is 5.26 Å². The molecule has 0 aromatic heterocycles. The second kappa shape index (κ2) is 7.79. The third-order valence-corrected chi connectivity index (χ3v) is 3.26. The number of amides is 1. The number of nitrogens with one attached hydrogen (secondary N) is 1. The lowest BCUT2D eigenvalue weighted by atomic mass is 10.2. The molecule has 2 rings (SSSR count). The highest BCUT2D eigenvalue weighted by Crippen LogP contribution is 2.14. The topological polar surface area (TPSA) is 88.4 Å². The average Bonchev–Trinajstić information content (AvgIpc) is 2.62. The van der Waals surface area contributed by atoms with Crippen LogP contribution >= 0.6 is 0 Å². The van der Waals surface area contributed by atoms with E-state index in [9.17, 15) is 9.59 Å². The summed E-state index contributed by atoms with van der Waals surface area (Å²) in [6.07, 6.45) is -0.963. The Bertz CT molecular complexity index is 761. The van der Waals surface area contributed by atoms with Crippen molar-refractivity contribution in [3.8, 4) is 11.8 Å². The largest absolute Gasteiger partial charge is 0.497 e. The van der Waals surface area contributed by atoms with Crippen molar-refractivity contribution in [2.24, 2.45) is 0 Å². The normalized spacial score (nSPS) is 11.0. The highest BCUT2D eigenvalue weighted by Gasteiger charge is 2.19. The van der Waals surface area contributed by atoms with Crippen LogP contribution in [-0.2, 0) is 9.53 Å². The number of hydrogen-bond donors (Lipinski definition) is 1. The lowest BCUT2D eigenvalue weighted by Gasteiger charge is -2.13. The number of anilines is 1.